The Balaban J connectivity index is 2.01. The number of rotatable bonds is 7. The molecule has 0 aliphatic carbocycles. The summed E-state index contributed by atoms with van der Waals surface area (Å²) in [6.07, 6.45) is 1.82. The van der Waals surface area contributed by atoms with E-state index < -0.39 is 12.1 Å². The van der Waals surface area contributed by atoms with E-state index in [-0.39, 0.29) is 18.9 Å². The lowest BCUT2D eigenvalue weighted by Gasteiger charge is -2.16. The van der Waals surface area contributed by atoms with E-state index in [1.807, 2.05) is 31.4 Å². The topological polar surface area (TPSA) is 106 Å². The van der Waals surface area contributed by atoms with Gasteiger partial charge in [0, 0.05) is 22.2 Å². The van der Waals surface area contributed by atoms with Crippen molar-refractivity contribution in [3.63, 3.8) is 0 Å². The smallest absolute Gasteiger partial charge is 0.312 e. The van der Waals surface area contributed by atoms with Crippen LogP contribution in [0, 0.1) is 13.8 Å². The number of nitrogens with one attached hydrogen (secondary N) is 2. The average molecular weight is 362 g/mol. The highest BCUT2D eigenvalue weighted by atomic mass is 32.1. The zero-order chi connectivity index (χ0) is 18.4. The van der Waals surface area contributed by atoms with Crippen molar-refractivity contribution in [3.05, 3.63) is 45.4 Å². The normalized spacial score (nSPS) is 11.6. The van der Waals surface area contributed by atoms with Crippen molar-refractivity contribution in [2.75, 3.05) is 7.11 Å². The third-order valence-corrected chi connectivity index (χ3v) is 4.78. The van der Waals surface area contributed by atoms with Crippen LogP contribution < -0.4 is 21.1 Å². The van der Waals surface area contributed by atoms with Gasteiger partial charge in [-0.3, -0.25) is 9.78 Å². The standard InChI is InChI=1S/C17H22N4O3S/c1-10-8-19-13(11(2)16(10)24-3)9-20-15(22)7-12(21-17(18)23)14-5-4-6-25-14/h4-6,8,12H,7,9H2,1-3H3,(H,20,22)(H3,18,21,23). The molecule has 2 aromatic heterocycles. The predicted octanol–water partition coefficient (Wildman–Crippen LogP) is 2.18. The SMILES string of the molecule is COc1c(C)cnc(CNC(=O)CC(NC(N)=O)c2cccs2)c1C. The van der Waals surface area contributed by atoms with Crippen LogP contribution in [-0.4, -0.2) is 24.0 Å². The molecule has 0 bridgehead atoms. The van der Waals surface area contributed by atoms with Gasteiger partial charge in [0.25, 0.3) is 0 Å². The number of primary amides is 1. The van der Waals surface area contributed by atoms with E-state index in [1.165, 1.54) is 11.3 Å². The number of carbonyl (C=O) groups excluding carboxylic acids is 2. The molecule has 1 atom stereocenters. The minimum absolute atomic E-state index is 0.103. The number of hydrogen-bond acceptors (Lipinski definition) is 5. The summed E-state index contributed by atoms with van der Waals surface area (Å²) in [6, 6.07) is 2.61. The predicted molar refractivity (Wildman–Crippen MR) is 96.5 cm³/mol. The Morgan fingerprint density at radius 1 is 1.40 bits per heavy atom. The minimum Gasteiger partial charge on any atom is -0.496 e. The highest BCUT2D eigenvalue weighted by molar-refractivity contribution is 7.10. The fourth-order valence-corrected chi connectivity index (χ4v) is 3.35. The molecule has 2 aromatic rings. The quantitative estimate of drug-likeness (QED) is 0.702. The number of urea groups is 1. The van der Waals surface area contributed by atoms with Gasteiger partial charge in [0.1, 0.15) is 5.75 Å². The molecule has 0 saturated carbocycles. The number of aryl methyl sites for hydroxylation is 1. The van der Waals surface area contributed by atoms with Crippen LogP contribution >= 0.6 is 11.3 Å². The summed E-state index contributed by atoms with van der Waals surface area (Å²) in [7, 11) is 1.61. The van der Waals surface area contributed by atoms with Gasteiger partial charge in [-0.05, 0) is 25.3 Å². The van der Waals surface area contributed by atoms with E-state index >= 15 is 0 Å². The molecule has 2 rings (SSSR count). The molecule has 4 N–H and O–H groups in total. The van der Waals surface area contributed by atoms with Crippen LogP contribution in [-0.2, 0) is 11.3 Å². The summed E-state index contributed by atoms with van der Waals surface area (Å²) in [5, 5.41) is 7.32. The third kappa shape index (κ3) is 4.93. The van der Waals surface area contributed by atoms with Crippen molar-refractivity contribution in [2.45, 2.75) is 32.9 Å². The number of aromatic nitrogens is 1. The van der Waals surface area contributed by atoms with Gasteiger partial charge >= 0.3 is 6.03 Å². The zero-order valence-electron chi connectivity index (χ0n) is 14.5. The van der Waals surface area contributed by atoms with Crippen LogP contribution in [0.5, 0.6) is 5.75 Å². The molecule has 0 spiro atoms. The Bertz CT molecular complexity index is 747. The molecule has 7 nitrogen and oxygen atoms in total. The highest BCUT2D eigenvalue weighted by Crippen LogP contribution is 2.24. The molecule has 0 saturated heterocycles. The van der Waals surface area contributed by atoms with Gasteiger partial charge < -0.3 is 21.1 Å². The molecule has 0 aromatic carbocycles. The Morgan fingerprint density at radius 3 is 2.76 bits per heavy atom. The van der Waals surface area contributed by atoms with Gasteiger partial charge in [0.15, 0.2) is 0 Å². The van der Waals surface area contributed by atoms with Gasteiger partial charge in [0.2, 0.25) is 5.91 Å². The first-order valence-electron chi connectivity index (χ1n) is 7.77. The van der Waals surface area contributed by atoms with E-state index in [0.717, 1.165) is 27.4 Å². The summed E-state index contributed by atoms with van der Waals surface area (Å²) in [5.41, 5.74) is 7.79. The van der Waals surface area contributed by atoms with Gasteiger partial charge in [0.05, 0.1) is 31.8 Å². The van der Waals surface area contributed by atoms with Crippen molar-refractivity contribution >= 4 is 23.3 Å². The molecular weight excluding hydrogens is 340 g/mol. The van der Waals surface area contributed by atoms with Crippen LogP contribution in [0.2, 0.25) is 0 Å². The van der Waals surface area contributed by atoms with E-state index in [4.69, 9.17) is 10.5 Å². The number of hydrogen-bond donors (Lipinski definition) is 3. The number of nitrogens with zero attached hydrogens (tertiary/aromatic N) is 1. The molecule has 2 heterocycles. The molecule has 0 aliphatic rings. The monoisotopic (exact) mass is 362 g/mol. The van der Waals surface area contributed by atoms with E-state index in [0.29, 0.717) is 0 Å². The van der Waals surface area contributed by atoms with Gasteiger partial charge in [-0.25, -0.2) is 4.79 Å². The lowest BCUT2D eigenvalue weighted by molar-refractivity contribution is -0.121. The van der Waals surface area contributed by atoms with Crippen LogP contribution in [0.4, 0.5) is 4.79 Å². The number of pyridine rings is 1. The molecule has 25 heavy (non-hydrogen) atoms. The maximum atomic E-state index is 12.3. The summed E-state index contributed by atoms with van der Waals surface area (Å²) in [5.74, 6) is 0.569. The van der Waals surface area contributed by atoms with E-state index in [9.17, 15) is 9.59 Å². The second-order valence-corrected chi connectivity index (χ2v) is 6.58. The lowest BCUT2D eigenvalue weighted by atomic mass is 10.1. The molecule has 0 aliphatic heterocycles. The van der Waals surface area contributed by atoms with Crippen molar-refractivity contribution in [1.29, 1.82) is 0 Å². The Morgan fingerprint density at radius 2 is 2.16 bits per heavy atom. The summed E-state index contributed by atoms with van der Waals surface area (Å²) < 4.78 is 5.37. The first-order chi connectivity index (χ1) is 11.9. The second kappa shape index (κ2) is 8.48. The number of thiophene rings is 1. The second-order valence-electron chi connectivity index (χ2n) is 5.60. The fourth-order valence-electron chi connectivity index (χ4n) is 2.57. The number of nitrogens with two attached hydrogens (primary N) is 1. The molecule has 134 valence electrons. The van der Waals surface area contributed by atoms with Crippen LogP contribution in [0.3, 0.4) is 0 Å². The van der Waals surface area contributed by atoms with Crippen LogP contribution in [0.25, 0.3) is 0 Å². The molecule has 0 fully saturated rings. The van der Waals surface area contributed by atoms with E-state index in [1.54, 1.807) is 13.3 Å². The fraction of sp³-hybridized carbons (Fsp3) is 0.353. The number of ether oxygens (including phenoxy) is 1. The number of methoxy groups -OCH3 is 1. The van der Waals surface area contributed by atoms with Crippen LogP contribution in [0.15, 0.2) is 23.7 Å². The van der Waals surface area contributed by atoms with Crippen molar-refractivity contribution < 1.29 is 14.3 Å². The van der Waals surface area contributed by atoms with Crippen molar-refractivity contribution in [3.8, 4) is 5.75 Å². The first kappa shape index (κ1) is 18.7. The lowest BCUT2D eigenvalue weighted by Crippen LogP contribution is -2.36. The maximum absolute atomic E-state index is 12.3. The zero-order valence-corrected chi connectivity index (χ0v) is 15.3. The highest BCUT2D eigenvalue weighted by Gasteiger charge is 2.19. The van der Waals surface area contributed by atoms with Crippen LogP contribution in [0.1, 0.15) is 34.2 Å². The molecule has 1 unspecified atom stereocenters. The van der Waals surface area contributed by atoms with Crippen molar-refractivity contribution in [1.82, 2.24) is 15.6 Å². The largest absolute Gasteiger partial charge is 0.496 e. The molecule has 3 amide bonds. The van der Waals surface area contributed by atoms with Gasteiger partial charge in [-0.2, -0.15) is 0 Å². The number of amides is 3. The van der Waals surface area contributed by atoms with Gasteiger partial charge in [-0.1, -0.05) is 6.07 Å². The first-order valence-corrected chi connectivity index (χ1v) is 8.65. The summed E-state index contributed by atoms with van der Waals surface area (Å²) >= 11 is 1.46. The summed E-state index contributed by atoms with van der Waals surface area (Å²) in [4.78, 5) is 28.7. The summed E-state index contributed by atoms with van der Waals surface area (Å²) in [6.45, 7) is 4.11. The average Bonchev–Trinajstić information content (AvgIpc) is 3.08. The number of carbonyl (C=O) groups is 2. The Labute approximate surface area is 150 Å². The van der Waals surface area contributed by atoms with Gasteiger partial charge in [-0.15, -0.1) is 11.3 Å². The minimum atomic E-state index is -0.660. The Kier molecular flexibility index (Phi) is 6.35. The maximum Gasteiger partial charge on any atom is 0.312 e. The molecular formula is C17H22N4O3S. The third-order valence-electron chi connectivity index (χ3n) is 3.80. The molecule has 8 heteroatoms. The van der Waals surface area contributed by atoms with Crippen molar-refractivity contribution in [2.24, 2.45) is 5.73 Å². The van der Waals surface area contributed by atoms with E-state index in [2.05, 4.69) is 15.6 Å². The molecule has 0 radical (unpaired) electrons. The Hall–Kier alpha value is -2.61.